The van der Waals surface area contributed by atoms with Gasteiger partial charge < -0.3 is 15.7 Å². The van der Waals surface area contributed by atoms with Gasteiger partial charge in [-0.05, 0) is 6.92 Å². The van der Waals surface area contributed by atoms with Crippen molar-refractivity contribution in [3.8, 4) is 5.82 Å². The van der Waals surface area contributed by atoms with Gasteiger partial charge in [-0.15, -0.1) is 0 Å². The number of carbonyl (C=O) groups is 2. The fourth-order valence-corrected chi connectivity index (χ4v) is 2.36. The summed E-state index contributed by atoms with van der Waals surface area (Å²) in [4.78, 5) is 34.6. The number of aliphatic carboxylic acids is 1. The lowest BCUT2D eigenvalue weighted by Gasteiger charge is -2.38. The third-order valence-electron chi connectivity index (χ3n) is 3.86. The number of carbonyl (C=O) groups excluding carboxylic acids is 1. The fourth-order valence-electron chi connectivity index (χ4n) is 2.36. The summed E-state index contributed by atoms with van der Waals surface area (Å²) >= 11 is 0. The number of aromatic nitrogens is 5. The van der Waals surface area contributed by atoms with E-state index in [9.17, 15) is 18.0 Å². The molecule has 13 heteroatoms. The van der Waals surface area contributed by atoms with Gasteiger partial charge in [0.05, 0.1) is 11.7 Å². The largest absolute Gasteiger partial charge is 0.490 e. The van der Waals surface area contributed by atoms with E-state index in [1.54, 1.807) is 16.5 Å². The van der Waals surface area contributed by atoms with Crippen LogP contribution in [-0.2, 0) is 9.59 Å². The van der Waals surface area contributed by atoms with Gasteiger partial charge >= 0.3 is 12.1 Å². The summed E-state index contributed by atoms with van der Waals surface area (Å²) in [5.74, 6) is -1.12. The first-order valence-electron chi connectivity index (χ1n) is 8.04. The van der Waals surface area contributed by atoms with Crippen molar-refractivity contribution >= 4 is 11.9 Å². The van der Waals surface area contributed by atoms with Crippen LogP contribution in [0.15, 0.2) is 18.7 Å². The number of carboxylic acids is 1. The Labute approximate surface area is 157 Å². The van der Waals surface area contributed by atoms with E-state index >= 15 is 0 Å². The Morgan fingerprint density at radius 3 is 2.36 bits per heavy atom. The molecule has 0 spiro atoms. The van der Waals surface area contributed by atoms with Gasteiger partial charge in [-0.3, -0.25) is 4.79 Å². The molecule has 0 radical (unpaired) electrons. The molecule has 3 N–H and O–H groups in total. The molecule has 2 aromatic rings. The first kappa shape index (κ1) is 21.2. The standard InChI is InChI=1S/C13H17N7O.C2HF3O2/c1-8(14)13-17-7-18-20(13)12-3-11(15-6-16-12)10-4-19(5-10)9(2)21;3-2(4,5)1(6)7/h3,6-8,10H,4-5,14H2,1-2H3;(H,6,7). The number of hydrogen-bond acceptors (Lipinski definition) is 7. The van der Waals surface area contributed by atoms with Crippen molar-refractivity contribution in [1.82, 2.24) is 29.6 Å². The van der Waals surface area contributed by atoms with Crippen molar-refractivity contribution in [1.29, 1.82) is 0 Å². The van der Waals surface area contributed by atoms with Gasteiger partial charge in [0.2, 0.25) is 5.91 Å². The van der Waals surface area contributed by atoms with E-state index in [-0.39, 0.29) is 17.9 Å². The molecule has 0 bridgehead atoms. The Balaban J connectivity index is 0.000000345. The van der Waals surface area contributed by atoms with E-state index in [1.807, 2.05) is 13.0 Å². The smallest absolute Gasteiger partial charge is 0.475 e. The third-order valence-corrected chi connectivity index (χ3v) is 3.86. The Hall–Kier alpha value is -3.09. The highest BCUT2D eigenvalue weighted by Gasteiger charge is 2.38. The summed E-state index contributed by atoms with van der Waals surface area (Å²) in [6, 6.07) is 1.64. The zero-order valence-corrected chi connectivity index (χ0v) is 15.0. The van der Waals surface area contributed by atoms with Crippen LogP contribution in [0.1, 0.15) is 37.3 Å². The molecule has 1 amide bonds. The average Bonchev–Trinajstić information content (AvgIpc) is 3.03. The number of alkyl halides is 3. The second kappa shape index (κ2) is 8.29. The molecular weight excluding hydrogens is 383 g/mol. The number of likely N-dealkylation sites (tertiary alicyclic amines) is 1. The molecule has 152 valence electrons. The van der Waals surface area contributed by atoms with Crippen LogP contribution in [0.25, 0.3) is 5.82 Å². The highest BCUT2D eigenvalue weighted by Crippen LogP contribution is 2.26. The quantitative estimate of drug-likeness (QED) is 0.764. The third kappa shape index (κ3) is 5.00. The molecule has 1 atom stereocenters. The van der Waals surface area contributed by atoms with Gasteiger partial charge in [0.25, 0.3) is 0 Å². The van der Waals surface area contributed by atoms with Gasteiger partial charge in [0.15, 0.2) is 11.6 Å². The molecule has 28 heavy (non-hydrogen) atoms. The van der Waals surface area contributed by atoms with E-state index < -0.39 is 12.1 Å². The maximum absolute atomic E-state index is 11.2. The maximum atomic E-state index is 11.2. The molecule has 0 aliphatic carbocycles. The molecule has 1 fully saturated rings. The monoisotopic (exact) mass is 401 g/mol. The number of nitrogens with zero attached hydrogens (tertiary/aromatic N) is 6. The molecule has 1 aliphatic rings. The lowest BCUT2D eigenvalue weighted by Crippen LogP contribution is -2.47. The molecule has 1 saturated heterocycles. The van der Waals surface area contributed by atoms with Gasteiger partial charge in [0, 0.05) is 32.0 Å². The Morgan fingerprint density at radius 1 is 1.25 bits per heavy atom. The van der Waals surface area contributed by atoms with Crippen LogP contribution in [0.5, 0.6) is 0 Å². The fraction of sp³-hybridized carbons (Fsp3) is 0.467. The lowest BCUT2D eigenvalue weighted by atomic mass is 9.96. The predicted octanol–water partition coefficient (Wildman–Crippen LogP) is 0.656. The number of rotatable bonds is 3. The second-order valence-corrected chi connectivity index (χ2v) is 6.04. The highest BCUT2D eigenvalue weighted by molar-refractivity contribution is 5.74. The van der Waals surface area contributed by atoms with Crippen LogP contribution in [0, 0.1) is 0 Å². The summed E-state index contributed by atoms with van der Waals surface area (Å²) in [6.45, 7) is 4.82. The van der Waals surface area contributed by atoms with E-state index in [4.69, 9.17) is 15.6 Å². The van der Waals surface area contributed by atoms with Crippen molar-refractivity contribution in [3.63, 3.8) is 0 Å². The van der Waals surface area contributed by atoms with Gasteiger partial charge in [0.1, 0.15) is 12.7 Å². The molecule has 1 aliphatic heterocycles. The minimum absolute atomic E-state index is 0.0936. The van der Waals surface area contributed by atoms with Gasteiger partial charge in [-0.1, -0.05) is 0 Å². The Kier molecular flexibility index (Phi) is 6.28. The van der Waals surface area contributed by atoms with Crippen LogP contribution < -0.4 is 5.73 Å². The molecule has 3 heterocycles. The maximum Gasteiger partial charge on any atom is 0.490 e. The summed E-state index contributed by atoms with van der Waals surface area (Å²) in [5.41, 5.74) is 6.78. The number of nitrogens with two attached hydrogens (primary N) is 1. The minimum Gasteiger partial charge on any atom is -0.475 e. The molecule has 0 aromatic carbocycles. The van der Waals surface area contributed by atoms with Crippen molar-refractivity contribution in [2.45, 2.75) is 32.0 Å². The first-order chi connectivity index (χ1) is 13.0. The van der Waals surface area contributed by atoms with Crippen LogP contribution in [0.3, 0.4) is 0 Å². The number of halogens is 3. The van der Waals surface area contributed by atoms with Crippen LogP contribution in [-0.4, -0.2) is 65.9 Å². The average molecular weight is 401 g/mol. The van der Waals surface area contributed by atoms with Crippen molar-refractivity contribution < 1.29 is 27.9 Å². The predicted molar refractivity (Wildman–Crippen MR) is 88.2 cm³/mol. The molecule has 2 aromatic heterocycles. The van der Waals surface area contributed by atoms with E-state index in [0.29, 0.717) is 24.7 Å². The van der Waals surface area contributed by atoms with Crippen molar-refractivity contribution in [2.75, 3.05) is 13.1 Å². The normalized spacial score (nSPS) is 15.3. The number of amides is 1. The van der Waals surface area contributed by atoms with E-state index in [2.05, 4.69) is 20.1 Å². The minimum atomic E-state index is -5.08. The summed E-state index contributed by atoms with van der Waals surface area (Å²) in [7, 11) is 0. The van der Waals surface area contributed by atoms with Gasteiger partial charge in [-0.2, -0.15) is 23.0 Å². The lowest BCUT2D eigenvalue weighted by molar-refractivity contribution is -0.192. The zero-order chi connectivity index (χ0) is 21.1. The molecular formula is C15H18F3N7O3. The highest BCUT2D eigenvalue weighted by atomic mass is 19.4. The van der Waals surface area contributed by atoms with E-state index in [1.165, 1.54) is 12.7 Å². The van der Waals surface area contributed by atoms with Crippen LogP contribution in [0.2, 0.25) is 0 Å². The molecule has 0 saturated carbocycles. The second-order valence-electron chi connectivity index (χ2n) is 6.04. The Bertz CT molecular complexity index is 847. The van der Waals surface area contributed by atoms with Crippen LogP contribution >= 0.6 is 0 Å². The number of carboxylic acid groups (broad SMARTS) is 1. The molecule has 1 unspecified atom stereocenters. The van der Waals surface area contributed by atoms with Crippen molar-refractivity contribution in [3.05, 3.63) is 30.2 Å². The first-order valence-corrected chi connectivity index (χ1v) is 8.04. The topological polar surface area (TPSA) is 140 Å². The van der Waals surface area contributed by atoms with Gasteiger partial charge in [-0.25, -0.2) is 19.7 Å². The molecule has 3 rings (SSSR count). The zero-order valence-electron chi connectivity index (χ0n) is 15.0. The molecule has 10 nitrogen and oxygen atoms in total. The summed E-state index contributed by atoms with van der Waals surface area (Å²) in [5, 5.41) is 11.3. The van der Waals surface area contributed by atoms with Crippen molar-refractivity contribution in [2.24, 2.45) is 5.73 Å². The Morgan fingerprint density at radius 2 is 1.86 bits per heavy atom. The van der Waals surface area contributed by atoms with E-state index in [0.717, 1.165) is 5.69 Å². The van der Waals surface area contributed by atoms with Crippen LogP contribution in [0.4, 0.5) is 13.2 Å². The number of hydrogen-bond donors (Lipinski definition) is 2. The summed E-state index contributed by atoms with van der Waals surface area (Å²) < 4.78 is 33.4. The SMILES string of the molecule is CC(=O)N1CC(c2cc(-n3ncnc3C(C)N)ncn2)C1.O=C(O)C(F)(F)F. The summed E-state index contributed by atoms with van der Waals surface area (Å²) in [6.07, 6.45) is -2.12.